The van der Waals surface area contributed by atoms with Crippen LogP contribution in [0.25, 0.3) is 0 Å². The van der Waals surface area contributed by atoms with Crippen molar-refractivity contribution in [2.24, 2.45) is 11.8 Å². The molecule has 3 rings (SSSR count). The third kappa shape index (κ3) is 6.28. The van der Waals surface area contributed by atoms with Crippen LogP contribution < -0.4 is 10.2 Å². The largest absolute Gasteiger partial charge is 0.326 e. The molecule has 2 aliphatic rings. The third-order valence-corrected chi connectivity index (χ3v) is 6.40. The fourth-order valence-electron chi connectivity index (χ4n) is 4.60. The van der Waals surface area contributed by atoms with E-state index in [0.717, 1.165) is 12.8 Å². The number of amides is 3. The minimum absolute atomic E-state index is 0.0166. The molecular formula is C26H36N2O3. The normalized spacial score (nSPS) is 20.2. The molecular weight excluding hydrogens is 388 g/mol. The van der Waals surface area contributed by atoms with Crippen LogP contribution in [0.4, 0.5) is 11.4 Å². The van der Waals surface area contributed by atoms with Gasteiger partial charge in [0.05, 0.1) is 17.5 Å². The molecule has 168 valence electrons. The van der Waals surface area contributed by atoms with Gasteiger partial charge in [-0.1, -0.05) is 76.5 Å². The molecule has 0 saturated carbocycles. The van der Waals surface area contributed by atoms with Crippen molar-refractivity contribution in [2.45, 2.75) is 84.0 Å². The predicted octanol–water partition coefficient (Wildman–Crippen LogP) is 6.00. The van der Waals surface area contributed by atoms with Crippen LogP contribution in [-0.2, 0) is 14.4 Å². The van der Waals surface area contributed by atoms with Crippen LogP contribution in [0.5, 0.6) is 0 Å². The van der Waals surface area contributed by atoms with Crippen molar-refractivity contribution < 1.29 is 14.4 Å². The Morgan fingerprint density at radius 2 is 1.48 bits per heavy atom. The topological polar surface area (TPSA) is 66.5 Å². The molecule has 1 heterocycles. The number of imide groups is 1. The van der Waals surface area contributed by atoms with Gasteiger partial charge >= 0.3 is 0 Å². The number of carbonyl (C=O) groups is 3. The van der Waals surface area contributed by atoms with E-state index in [1.165, 1.54) is 49.8 Å². The third-order valence-electron chi connectivity index (χ3n) is 6.40. The van der Waals surface area contributed by atoms with E-state index in [1.807, 2.05) is 12.2 Å². The molecule has 1 fully saturated rings. The molecule has 1 aromatic rings. The first kappa shape index (κ1) is 23.2. The summed E-state index contributed by atoms with van der Waals surface area (Å²) in [6.45, 7) is 2.23. The lowest BCUT2D eigenvalue weighted by Gasteiger charge is -2.16. The molecule has 5 nitrogen and oxygen atoms in total. The van der Waals surface area contributed by atoms with Crippen molar-refractivity contribution in [3.8, 4) is 0 Å². The maximum absolute atomic E-state index is 12.8. The first-order chi connectivity index (χ1) is 15.1. The average molecular weight is 425 g/mol. The number of hydrogen-bond donors (Lipinski definition) is 1. The number of hydrogen-bond acceptors (Lipinski definition) is 3. The van der Waals surface area contributed by atoms with Gasteiger partial charge in [0, 0.05) is 12.1 Å². The zero-order chi connectivity index (χ0) is 22.1. The van der Waals surface area contributed by atoms with Crippen LogP contribution in [0.1, 0.15) is 84.0 Å². The first-order valence-electron chi connectivity index (χ1n) is 12.0. The summed E-state index contributed by atoms with van der Waals surface area (Å²) in [5.74, 6) is -0.767. The van der Waals surface area contributed by atoms with Crippen LogP contribution in [0, 0.1) is 11.8 Å². The first-order valence-corrected chi connectivity index (χ1v) is 12.0. The molecule has 5 heteroatoms. The highest BCUT2D eigenvalue weighted by atomic mass is 16.2. The van der Waals surface area contributed by atoms with E-state index < -0.39 is 0 Å². The number of rotatable bonds is 12. The Morgan fingerprint density at radius 1 is 0.903 bits per heavy atom. The quantitative estimate of drug-likeness (QED) is 0.254. The molecule has 0 bridgehead atoms. The Morgan fingerprint density at radius 3 is 2.10 bits per heavy atom. The number of anilines is 2. The summed E-state index contributed by atoms with van der Waals surface area (Å²) in [6, 6.07) is 7.08. The molecule has 1 saturated heterocycles. The number of nitrogens with zero attached hydrogens (tertiary/aromatic N) is 1. The Kier molecular flexibility index (Phi) is 8.86. The van der Waals surface area contributed by atoms with Crippen LogP contribution in [-0.4, -0.2) is 17.7 Å². The standard InChI is InChI=1S/C26H36N2O3/c1-2-3-4-5-6-7-8-9-10-18-24(29)27-20-14-13-15-21(19-20)28-25(30)22-16-11-12-17-23(22)26(28)31/h11-15,19,22-23H,2-10,16-18H2,1H3,(H,27,29)/t22-,23-/m1/s1. The summed E-state index contributed by atoms with van der Waals surface area (Å²) in [7, 11) is 0. The molecule has 2 atom stereocenters. The summed E-state index contributed by atoms with van der Waals surface area (Å²) in [5.41, 5.74) is 1.18. The molecule has 0 spiro atoms. The number of unbranched alkanes of at least 4 members (excludes halogenated alkanes) is 8. The predicted molar refractivity (Wildman–Crippen MR) is 125 cm³/mol. The van der Waals surface area contributed by atoms with E-state index in [1.54, 1.807) is 24.3 Å². The molecule has 1 N–H and O–H groups in total. The Hall–Kier alpha value is -2.43. The van der Waals surface area contributed by atoms with Gasteiger partial charge < -0.3 is 5.32 Å². The second-order valence-electron chi connectivity index (χ2n) is 8.84. The number of allylic oxidation sites excluding steroid dienone is 2. The van der Waals surface area contributed by atoms with Crippen LogP contribution in [0.15, 0.2) is 36.4 Å². The maximum atomic E-state index is 12.8. The monoisotopic (exact) mass is 424 g/mol. The maximum Gasteiger partial charge on any atom is 0.238 e. The van der Waals surface area contributed by atoms with Gasteiger partial charge in [0.1, 0.15) is 0 Å². The lowest BCUT2D eigenvalue weighted by Crippen LogP contribution is -2.30. The fourth-order valence-corrected chi connectivity index (χ4v) is 4.60. The van der Waals surface area contributed by atoms with Gasteiger partial charge in [-0.25, -0.2) is 4.90 Å². The second-order valence-corrected chi connectivity index (χ2v) is 8.84. The van der Waals surface area contributed by atoms with Crippen molar-refractivity contribution in [2.75, 3.05) is 10.2 Å². The van der Waals surface area contributed by atoms with Crippen molar-refractivity contribution in [3.05, 3.63) is 36.4 Å². The van der Waals surface area contributed by atoms with E-state index in [2.05, 4.69) is 12.2 Å². The number of benzene rings is 1. The Balaban J connectivity index is 1.43. The summed E-state index contributed by atoms with van der Waals surface area (Å²) in [4.78, 5) is 39.2. The summed E-state index contributed by atoms with van der Waals surface area (Å²) < 4.78 is 0. The van der Waals surface area contributed by atoms with Gasteiger partial charge in [-0.2, -0.15) is 0 Å². The van der Waals surface area contributed by atoms with E-state index in [0.29, 0.717) is 30.6 Å². The van der Waals surface area contributed by atoms with Crippen LogP contribution >= 0.6 is 0 Å². The SMILES string of the molecule is CCCCCCCCCCCC(=O)Nc1cccc(N2C(=O)[C@@H]3CC=CC[C@H]3C2=O)c1. The van der Waals surface area contributed by atoms with E-state index in [4.69, 9.17) is 0 Å². The van der Waals surface area contributed by atoms with Crippen LogP contribution in [0.3, 0.4) is 0 Å². The van der Waals surface area contributed by atoms with E-state index in [9.17, 15) is 14.4 Å². The van der Waals surface area contributed by atoms with Gasteiger partial charge in [0.15, 0.2) is 0 Å². The van der Waals surface area contributed by atoms with Gasteiger partial charge in [-0.05, 0) is 37.5 Å². The number of nitrogens with one attached hydrogen (secondary N) is 1. The Bertz CT molecular complexity index is 776. The lowest BCUT2D eigenvalue weighted by molar-refractivity contribution is -0.122. The smallest absolute Gasteiger partial charge is 0.238 e. The highest BCUT2D eigenvalue weighted by Crippen LogP contribution is 2.38. The number of carbonyl (C=O) groups excluding carboxylic acids is 3. The van der Waals surface area contributed by atoms with Gasteiger partial charge in [-0.15, -0.1) is 0 Å². The fraction of sp³-hybridized carbons (Fsp3) is 0.577. The van der Waals surface area contributed by atoms with Crippen molar-refractivity contribution in [1.29, 1.82) is 0 Å². The highest BCUT2D eigenvalue weighted by molar-refractivity contribution is 6.22. The molecule has 0 aromatic heterocycles. The molecule has 0 unspecified atom stereocenters. The summed E-state index contributed by atoms with van der Waals surface area (Å²) in [6.07, 6.45) is 16.7. The van der Waals surface area contributed by atoms with Crippen LogP contribution in [0.2, 0.25) is 0 Å². The molecule has 1 aliphatic heterocycles. The average Bonchev–Trinajstić information content (AvgIpc) is 3.03. The minimum Gasteiger partial charge on any atom is -0.326 e. The van der Waals surface area contributed by atoms with E-state index in [-0.39, 0.29) is 29.6 Å². The van der Waals surface area contributed by atoms with Gasteiger partial charge in [-0.3, -0.25) is 14.4 Å². The highest BCUT2D eigenvalue weighted by Gasteiger charge is 2.47. The minimum atomic E-state index is -0.248. The lowest BCUT2D eigenvalue weighted by atomic mass is 9.85. The Labute approximate surface area is 186 Å². The molecule has 3 amide bonds. The summed E-state index contributed by atoms with van der Waals surface area (Å²) >= 11 is 0. The summed E-state index contributed by atoms with van der Waals surface area (Å²) in [5, 5.41) is 2.92. The van der Waals surface area contributed by atoms with E-state index >= 15 is 0 Å². The van der Waals surface area contributed by atoms with Crippen molar-refractivity contribution in [3.63, 3.8) is 0 Å². The molecule has 31 heavy (non-hydrogen) atoms. The molecule has 1 aromatic carbocycles. The number of fused-ring (bicyclic) bond motifs is 1. The van der Waals surface area contributed by atoms with Gasteiger partial charge in [0.2, 0.25) is 17.7 Å². The van der Waals surface area contributed by atoms with Crippen molar-refractivity contribution in [1.82, 2.24) is 0 Å². The van der Waals surface area contributed by atoms with Crippen molar-refractivity contribution >= 4 is 29.1 Å². The zero-order valence-electron chi connectivity index (χ0n) is 18.8. The molecule has 1 aliphatic carbocycles. The zero-order valence-corrected chi connectivity index (χ0v) is 18.8. The van der Waals surface area contributed by atoms with Gasteiger partial charge in [0.25, 0.3) is 0 Å². The molecule has 0 radical (unpaired) electrons. The second kappa shape index (κ2) is 11.8.